The van der Waals surface area contributed by atoms with Crippen LogP contribution in [-0.2, 0) is 15.9 Å². The Labute approximate surface area is 176 Å². The third-order valence-corrected chi connectivity index (χ3v) is 6.21. The number of carbonyl (C=O) groups excluding carboxylic acids is 1. The number of carbonyl (C=O) groups is 1. The molecular formula is C21H31BrN2O4. The summed E-state index contributed by atoms with van der Waals surface area (Å²) < 4.78 is 17.6. The second kappa shape index (κ2) is 9.94. The van der Waals surface area contributed by atoms with Gasteiger partial charge >= 0.3 is 6.09 Å². The summed E-state index contributed by atoms with van der Waals surface area (Å²) in [5.41, 5.74) is 1.26. The Hall–Kier alpha value is -1.31. The summed E-state index contributed by atoms with van der Waals surface area (Å²) >= 11 is 3.67. The molecule has 156 valence electrons. The van der Waals surface area contributed by atoms with E-state index in [1.165, 1.54) is 5.56 Å². The molecule has 2 fully saturated rings. The molecule has 1 amide bonds. The van der Waals surface area contributed by atoms with Gasteiger partial charge in [0.1, 0.15) is 11.9 Å². The maximum Gasteiger partial charge on any atom is 0.410 e. The third kappa shape index (κ3) is 5.61. The summed E-state index contributed by atoms with van der Waals surface area (Å²) in [7, 11) is 1.64. The predicted molar refractivity (Wildman–Crippen MR) is 112 cm³/mol. The summed E-state index contributed by atoms with van der Waals surface area (Å²) in [6, 6.07) is 6.10. The minimum absolute atomic E-state index is 0.00297. The largest absolute Gasteiger partial charge is 0.465 e. The van der Waals surface area contributed by atoms with E-state index in [-0.39, 0.29) is 18.5 Å². The van der Waals surface area contributed by atoms with E-state index in [2.05, 4.69) is 33.8 Å². The number of hydrogen-bond acceptors (Lipinski definition) is 5. The number of cyclic esters (lactones) is 1. The molecule has 0 N–H and O–H groups in total. The molecule has 0 spiro atoms. The summed E-state index contributed by atoms with van der Waals surface area (Å²) in [6.45, 7) is 8.39. The molecule has 7 heteroatoms. The highest BCUT2D eigenvalue weighted by Gasteiger charge is 2.33. The van der Waals surface area contributed by atoms with Crippen LogP contribution in [0.25, 0.3) is 0 Å². The van der Waals surface area contributed by atoms with Crippen LogP contribution in [0.1, 0.15) is 32.3 Å². The minimum atomic E-state index is -0.266. The van der Waals surface area contributed by atoms with Crippen molar-refractivity contribution in [1.82, 2.24) is 9.80 Å². The molecule has 2 saturated heterocycles. The van der Waals surface area contributed by atoms with E-state index in [1.807, 2.05) is 24.0 Å². The van der Waals surface area contributed by atoms with Crippen LogP contribution in [0, 0.1) is 5.92 Å². The number of methoxy groups -OCH3 is 1. The SMILES string of the molecule is CCCN1CC(CN2CCC(Cc3cc(OC(C)OC)ccc3Br)C2)OC1=O. The number of likely N-dealkylation sites (tertiary alicyclic amines) is 1. The Morgan fingerprint density at radius 3 is 2.93 bits per heavy atom. The maximum absolute atomic E-state index is 11.9. The van der Waals surface area contributed by atoms with Crippen molar-refractivity contribution in [2.75, 3.05) is 39.8 Å². The lowest BCUT2D eigenvalue weighted by Crippen LogP contribution is -2.33. The lowest BCUT2D eigenvalue weighted by molar-refractivity contribution is -0.0383. The van der Waals surface area contributed by atoms with E-state index in [1.54, 1.807) is 7.11 Å². The fraction of sp³-hybridized carbons (Fsp3) is 0.667. The molecule has 1 aromatic carbocycles. The number of ether oxygens (including phenoxy) is 3. The highest BCUT2D eigenvalue weighted by atomic mass is 79.9. The lowest BCUT2D eigenvalue weighted by Gasteiger charge is -2.20. The molecule has 28 heavy (non-hydrogen) atoms. The zero-order valence-corrected chi connectivity index (χ0v) is 18.6. The second-order valence-electron chi connectivity index (χ2n) is 7.74. The van der Waals surface area contributed by atoms with E-state index < -0.39 is 0 Å². The van der Waals surface area contributed by atoms with Gasteiger partial charge in [-0.2, -0.15) is 0 Å². The van der Waals surface area contributed by atoms with Crippen LogP contribution in [0.4, 0.5) is 4.79 Å². The maximum atomic E-state index is 11.9. The minimum Gasteiger partial charge on any atom is -0.465 e. The van der Waals surface area contributed by atoms with Gasteiger partial charge in [-0.3, -0.25) is 4.90 Å². The zero-order valence-electron chi connectivity index (χ0n) is 17.0. The molecule has 0 bridgehead atoms. The van der Waals surface area contributed by atoms with E-state index in [0.29, 0.717) is 5.92 Å². The van der Waals surface area contributed by atoms with Crippen LogP contribution >= 0.6 is 15.9 Å². The summed E-state index contributed by atoms with van der Waals surface area (Å²) in [5, 5.41) is 0. The molecule has 0 radical (unpaired) electrons. The van der Waals surface area contributed by atoms with E-state index in [4.69, 9.17) is 14.2 Å². The average molecular weight is 455 g/mol. The van der Waals surface area contributed by atoms with Gasteiger partial charge in [-0.05, 0) is 62.4 Å². The standard InChI is InChI=1S/C21H31BrN2O4/c1-4-8-24-14-19(28-21(24)25)13-23-9-7-16(12-23)10-17-11-18(5-6-20(17)22)27-15(2)26-3/h5-6,11,15-16,19H,4,7-10,12-14H2,1-3H3. The average Bonchev–Trinajstić information content (AvgIpc) is 3.24. The number of halogens is 1. The van der Waals surface area contributed by atoms with Gasteiger partial charge in [0.25, 0.3) is 0 Å². The molecular weight excluding hydrogens is 424 g/mol. The Morgan fingerprint density at radius 2 is 2.18 bits per heavy atom. The lowest BCUT2D eigenvalue weighted by atomic mass is 9.98. The predicted octanol–water partition coefficient (Wildman–Crippen LogP) is 3.92. The van der Waals surface area contributed by atoms with Crippen molar-refractivity contribution in [3.8, 4) is 5.75 Å². The highest BCUT2D eigenvalue weighted by Crippen LogP contribution is 2.29. The first-order valence-electron chi connectivity index (χ1n) is 10.1. The molecule has 0 saturated carbocycles. The summed E-state index contributed by atoms with van der Waals surface area (Å²) in [6.07, 6.45) is 2.70. The molecule has 3 rings (SSSR count). The van der Waals surface area contributed by atoms with Crippen molar-refractivity contribution in [3.63, 3.8) is 0 Å². The summed E-state index contributed by atoms with van der Waals surface area (Å²) in [5.74, 6) is 1.42. The Balaban J connectivity index is 1.51. The van der Waals surface area contributed by atoms with Crippen LogP contribution in [-0.4, -0.2) is 68.1 Å². The van der Waals surface area contributed by atoms with Crippen molar-refractivity contribution in [3.05, 3.63) is 28.2 Å². The first-order chi connectivity index (χ1) is 13.5. The van der Waals surface area contributed by atoms with Crippen LogP contribution < -0.4 is 4.74 Å². The number of nitrogens with zero attached hydrogens (tertiary/aromatic N) is 2. The normalized spacial score (nSPS) is 23.9. The van der Waals surface area contributed by atoms with Crippen molar-refractivity contribution in [2.24, 2.45) is 5.92 Å². The molecule has 1 aromatic rings. The topological polar surface area (TPSA) is 51.2 Å². The monoisotopic (exact) mass is 454 g/mol. The van der Waals surface area contributed by atoms with Gasteiger partial charge in [0.2, 0.25) is 0 Å². The molecule has 0 aromatic heterocycles. The zero-order chi connectivity index (χ0) is 20.1. The van der Waals surface area contributed by atoms with E-state index >= 15 is 0 Å². The van der Waals surface area contributed by atoms with Gasteiger partial charge in [0, 0.05) is 31.2 Å². The number of rotatable bonds is 9. The molecule has 2 aliphatic heterocycles. The molecule has 2 heterocycles. The quantitative estimate of drug-likeness (QED) is 0.529. The smallest absolute Gasteiger partial charge is 0.410 e. The van der Waals surface area contributed by atoms with Crippen LogP contribution in [0.15, 0.2) is 22.7 Å². The van der Waals surface area contributed by atoms with E-state index in [9.17, 15) is 4.79 Å². The number of benzene rings is 1. The first-order valence-corrected chi connectivity index (χ1v) is 10.9. The van der Waals surface area contributed by atoms with Gasteiger partial charge < -0.3 is 19.1 Å². The molecule has 2 aliphatic rings. The summed E-state index contributed by atoms with van der Waals surface area (Å²) in [4.78, 5) is 16.1. The van der Waals surface area contributed by atoms with Crippen molar-refractivity contribution >= 4 is 22.0 Å². The van der Waals surface area contributed by atoms with Crippen molar-refractivity contribution < 1.29 is 19.0 Å². The highest BCUT2D eigenvalue weighted by molar-refractivity contribution is 9.10. The van der Waals surface area contributed by atoms with Crippen molar-refractivity contribution in [2.45, 2.75) is 45.5 Å². The Bertz CT molecular complexity index is 672. The van der Waals surface area contributed by atoms with Gasteiger partial charge in [-0.25, -0.2) is 4.79 Å². The molecule has 3 atom stereocenters. The fourth-order valence-electron chi connectivity index (χ4n) is 3.99. The third-order valence-electron chi connectivity index (χ3n) is 5.43. The first kappa shape index (κ1) is 21.4. The van der Waals surface area contributed by atoms with Gasteiger partial charge in [-0.1, -0.05) is 22.9 Å². The fourth-order valence-corrected chi connectivity index (χ4v) is 4.40. The van der Waals surface area contributed by atoms with Crippen LogP contribution in [0.5, 0.6) is 5.75 Å². The van der Waals surface area contributed by atoms with Crippen LogP contribution in [0.3, 0.4) is 0 Å². The second-order valence-corrected chi connectivity index (χ2v) is 8.60. The van der Waals surface area contributed by atoms with Gasteiger partial charge in [0.15, 0.2) is 6.29 Å². The molecule has 6 nitrogen and oxygen atoms in total. The number of amides is 1. The van der Waals surface area contributed by atoms with Gasteiger partial charge in [-0.15, -0.1) is 0 Å². The molecule has 0 aliphatic carbocycles. The molecule has 3 unspecified atom stereocenters. The Morgan fingerprint density at radius 1 is 1.36 bits per heavy atom. The van der Waals surface area contributed by atoms with E-state index in [0.717, 1.165) is 62.2 Å². The Kier molecular flexibility index (Phi) is 7.60. The van der Waals surface area contributed by atoms with Crippen molar-refractivity contribution in [1.29, 1.82) is 0 Å². The van der Waals surface area contributed by atoms with Crippen LogP contribution in [0.2, 0.25) is 0 Å². The number of hydrogen-bond donors (Lipinski definition) is 0. The van der Waals surface area contributed by atoms with Gasteiger partial charge in [0.05, 0.1) is 6.54 Å².